The number of rotatable bonds is 6. The summed E-state index contributed by atoms with van der Waals surface area (Å²) in [6.45, 7) is 1.89. The minimum absolute atomic E-state index is 0.293. The highest BCUT2D eigenvalue weighted by atomic mass is 16.1. The lowest BCUT2D eigenvalue weighted by molar-refractivity contribution is -0.118. The van der Waals surface area contributed by atoms with Crippen LogP contribution >= 0.6 is 0 Å². The lowest BCUT2D eigenvalue weighted by atomic mass is 10.4. The molecule has 0 bridgehead atoms. The van der Waals surface area contributed by atoms with Gasteiger partial charge >= 0.3 is 0 Å². The first-order chi connectivity index (χ1) is 7.08. The van der Waals surface area contributed by atoms with Gasteiger partial charge in [0.15, 0.2) is 0 Å². The van der Waals surface area contributed by atoms with Crippen molar-refractivity contribution in [3.8, 4) is 0 Å². The van der Waals surface area contributed by atoms with E-state index in [1.165, 1.54) is 0 Å². The summed E-state index contributed by atoms with van der Waals surface area (Å²) in [5, 5.41) is 4.05. The molecule has 0 aliphatic carbocycles. The number of carbonyl (C=O) groups excluding carboxylic acids is 1. The van der Waals surface area contributed by atoms with E-state index in [1.54, 1.807) is 10.7 Å². The van der Waals surface area contributed by atoms with Gasteiger partial charge in [0.2, 0.25) is 5.91 Å². The van der Waals surface area contributed by atoms with Gasteiger partial charge in [-0.1, -0.05) is 0 Å². The summed E-state index contributed by atoms with van der Waals surface area (Å²) in [5.41, 5.74) is 10.5. The Balaban J connectivity index is 2.18. The molecule has 1 heterocycles. The van der Waals surface area contributed by atoms with Crippen LogP contribution in [0.4, 0.5) is 5.82 Å². The van der Waals surface area contributed by atoms with Crippen molar-refractivity contribution in [2.75, 3.05) is 25.9 Å². The first kappa shape index (κ1) is 11.5. The van der Waals surface area contributed by atoms with E-state index >= 15 is 0 Å². The van der Waals surface area contributed by atoms with E-state index in [0.717, 1.165) is 19.5 Å². The summed E-state index contributed by atoms with van der Waals surface area (Å²) < 4.78 is 1.79. The maximum absolute atomic E-state index is 10.6. The van der Waals surface area contributed by atoms with Gasteiger partial charge in [-0.2, -0.15) is 5.10 Å². The smallest absolute Gasteiger partial charge is 0.231 e. The Morgan fingerprint density at radius 3 is 2.93 bits per heavy atom. The number of primary amides is 1. The Kier molecular flexibility index (Phi) is 4.11. The molecule has 6 heteroatoms. The molecule has 0 unspecified atom stereocenters. The van der Waals surface area contributed by atoms with Crippen LogP contribution in [-0.4, -0.2) is 40.7 Å². The predicted molar refractivity (Wildman–Crippen MR) is 57.9 cm³/mol. The second-order valence-corrected chi connectivity index (χ2v) is 3.56. The van der Waals surface area contributed by atoms with Crippen molar-refractivity contribution in [2.45, 2.75) is 13.0 Å². The summed E-state index contributed by atoms with van der Waals surface area (Å²) in [5.74, 6) is 0.223. The third-order valence-electron chi connectivity index (χ3n) is 2.01. The highest BCUT2D eigenvalue weighted by molar-refractivity contribution is 5.75. The number of aromatic nitrogens is 2. The van der Waals surface area contributed by atoms with E-state index in [-0.39, 0.29) is 5.91 Å². The zero-order chi connectivity index (χ0) is 11.3. The number of likely N-dealkylation sites (N-methyl/N-ethyl adjacent to an activating group) is 1. The predicted octanol–water partition coefficient (Wildman–Crippen LogP) is -0.727. The zero-order valence-electron chi connectivity index (χ0n) is 8.89. The van der Waals surface area contributed by atoms with Crippen LogP contribution in [0.25, 0.3) is 0 Å². The van der Waals surface area contributed by atoms with Crippen LogP contribution in [0.2, 0.25) is 0 Å². The van der Waals surface area contributed by atoms with E-state index in [2.05, 4.69) is 5.10 Å². The molecule has 1 aromatic heterocycles. The quantitative estimate of drug-likeness (QED) is 0.649. The van der Waals surface area contributed by atoms with Gasteiger partial charge in [0.1, 0.15) is 5.82 Å². The number of amides is 1. The average molecular weight is 211 g/mol. The molecular weight excluding hydrogens is 194 g/mol. The molecule has 1 aromatic rings. The van der Waals surface area contributed by atoms with Crippen LogP contribution in [-0.2, 0) is 11.3 Å². The van der Waals surface area contributed by atoms with Gasteiger partial charge in [-0.05, 0) is 19.5 Å². The lowest BCUT2D eigenvalue weighted by Gasteiger charge is -2.13. The van der Waals surface area contributed by atoms with Crippen molar-refractivity contribution < 1.29 is 4.79 Å². The fourth-order valence-electron chi connectivity index (χ4n) is 1.35. The molecule has 0 atom stereocenters. The van der Waals surface area contributed by atoms with Crippen LogP contribution in [0.1, 0.15) is 6.42 Å². The molecule has 0 aliphatic rings. The molecule has 0 aliphatic heterocycles. The number of hydrogen-bond acceptors (Lipinski definition) is 4. The first-order valence-corrected chi connectivity index (χ1v) is 4.83. The molecule has 6 nitrogen and oxygen atoms in total. The number of nitrogen functional groups attached to an aromatic ring is 1. The number of carbonyl (C=O) groups is 1. The largest absolute Gasteiger partial charge is 0.382 e. The Morgan fingerprint density at radius 2 is 2.40 bits per heavy atom. The van der Waals surface area contributed by atoms with Crippen molar-refractivity contribution in [3.63, 3.8) is 0 Å². The standard InChI is InChI=1S/C9H17N5O/c1-13(7-9(11)15)4-2-5-14-6-3-8(10)12-14/h3,6H,2,4-5,7H2,1H3,(H2,10,12)(H2,11,15). The molecule has 15 heavy (non-hydrogen) atoms. The Morgan fingerprint density at radius 1 is 1.67 bits per heavy atom. The van der Waals surface area contributed by atoms with Crippen molar-refractivity contribution in [2.24, 2.45) is 5.73 Å². The number of nitrogens with zero attached hydrogens (tertiary/aromatic N) is 3. The zero-order valence-corrected chi connectivity index (χ0v) is 8.89. The Hall–Kier alpha value is -1.56. The maximum atomic E-state index is 10.6. The third-order valence-corrected chi connectivity index (χ3v) is 2.01. The molecule has 0 aromatic carbocycles. The van der Waals surface area contributed by atoms with Crippen LogP contribution < -0.4 is 11.5 Å². The number of aryl methyl sites for hydroxylation is 1. The van der Waals surface area contributed by atoms with E-state index in [1.807, 2.05) is 18.1 Å². The fourth-order valence-corrected chi connectivity index (χ4v) is 1.35. The number of nitrogens with two attached hydrogens (primary N) is 2. The van der Waals surface area contributed by atoms with E-state index in [4.69, 9.17) is 11.5 Å². The normalized spacial score (nSPS) is 10.8. The number of anilines is 1. The highest BCUT2D eigenvalue weighted by Gasteiger charge is 2.02. The first-order valence-electron chi connectivity index (χ1n) is 4.83. The van der Waals surface area contributed by atoms with Crippen molar-refractivity contribution in [3.05, 3.63) is 12.3 Å². The van der Waals surface area contributed by atoms with Crippen molar-refractivity contribution in [1.82, 2.24) is 14.7 Å². The Labute approximate surface area is 88.8 Å². The molecule has 0 radical (unpaired) electrons. The highest BCUT2D eigenvalue weighted by Crippen LogP contribution is 1.97. The molecule has 1 amide bonds. The van der Waals surface area contributed by atoms with Crippen LogP contribution in [0.15, 0.2) is 12.3 Å². The van der Waals surface area contributed by atoms with Gasteiger partial charge in [0.05, 0.1) is 6.54 Å². The summed E-state index contributed by atoms with van der Waals surface area (Å²) in [6.07, 6.45) is 2.74. The second-order valence-electron chi connectivity index (χ2n) is 3.56. The van der Waals surface area contributed by atoms with Crippen LogP contribution in [0, 0.1) is 0 Å². The van der Waals surface area contributed by atoms with Gasteiger partial charge in [-0.3, -0.25) is 14.4 Å². The van der Waals surface area contributed by atoms with Gasteiger partial charge in [-0.25, -0.2) is 0 Å². The summed E-state index contributed by atoms with van der Waals surface area (Å²) in [6, 6.07) is 1.76. The van der Waals surface area contributed by atoms with E-state index < -0.39 is 0 Å². The SMILES string of the molecule is CN(CCCn1ccc(N)n1)CC(N)=O. The van der Waals surface area contributed by atoms with Crippen LogP contribution in [0.5, 0.6) is 0 Å². The molecule has 0 fully saturated rings. The molecule has 0 saturated heterocycles. The molecule has 0 saturated carbocycles. The molecule has 1 rings (SSSR count). The van der Waals surface area contributed by atoms with Crippen molar-refractivity contribution >= 4 is 11.7 Å². The van der Waals surface area contributed by atoms with E-state index in [9.17, 15) is 4.79 Å². The van der Waals surface area contributed by atoms with Crippen molar-refractivity contribution in [1.29, 1.82) is 0 Å². The number of hydrogen-bond donors (Lipinski definition) is 2. The topological polar surface area (TPSA) is 90.2 Å². The lowest BCUT2D eigenvalue weighted by Crippen LogP contribution is -2.31. The van der Waals surface area contributed by atoms with Crippen LogP contribution in [0.3, 0.4) is 0 Å². The molecule has 84 valence electrons. The fraction of sp³-hybridized carbons (Fsp3) is 0.556. The third kappa shape index (κ3) is 4.46. The minimum atomic E-state index is -0.305. The Bertz CT molecular complexity index is 322. The van der Waals surface area contributed by atoms with Gasteiger partial charge in [0.25, 0.3) is 0 Å². The molecule has 4 N–H and O–H groups in total. The molecular formula is C9H17N5O. The summed E-state index contributed by atoms with van der Waals surface area (Å²) in [7, 11) is 1.86. The van der Waals surface area contributed by atoms with Gasteiger partial charge in [-0.15, -0.1) is 0 Å². The summed E-state index contributed by atoms with van der Waals surface area (Å²) in [4.78, 5) is 12.5. The van der Waals surface area contributed by atoms with E-state index in [0.29, 0.717) is 12.4 Å². The van der Waals surface area contributed by atoms with Gasteiger partial charge < -0.3 is 11.5 Å². The maximum Gasteiger partial charge on any atom is 0.231 e. The molecule has 0 spiro atoms. The monoisotopic (exact) mass is 211 g/mol. The minimum Gasteiger partial charge on any atom is -0.382 e. The summed E-state index contributed by atoms with van der Waals surface area (Å²) >= 11 is 0. The van der Waals surface area contributed by atoms with Gasteiger partial charge in [0, 0.05) is 19.3 Å². The second kappa shape index (κ2) is 5.35. The average Bonchev–Trinajstić information content (AvgIpc) is 2.50.